The second-order valence-corrected chi connectivity index (χ2v) is 6.63. The van der Waals surface area contributed by atoms with Crippen LogP contribution in [0, 0.1) is 0 Å². The summed E-state index contributed by atoms with van der Waals surface area (Å²) in [6.07, 6.45) is 1.42. The van der Waals surface area contributed by atoms with E-state index in [4.69, 9.17) is 16.7 Å². The number of pyridine rings is 1. The van der Waals surface area contributed by atoms with Crippen molar-refractivity contribution < 1.29 is 18.3 Å². The summed E-state index contributed by atoms with van der Waals surface area (Å²) >= 11 is 5.82. The largest absolute Gasteiger partial charge is 0.480 e. The number of carboxylic acids is 1. The molecule has 1 saturated heterocycles. The fraction of sp³-hybridized carbons (Fsp3) is 0.455. The van der Waals surface area contributed by atoms with Gasteiger partial charge in [-0.15, -0.1) is 0 Å². The van der Waals surface area contributed by atoms with E-state index in [9.17, 15) is 13.2 Å². The van der Waals surface area contributed by atoms with E-state index >= 15 is 0 Å². The zero-order chi connectivity index (χ0) is 14.8. The first-order valence-corrected chi connectivity index (χ1v) is 7.78. The van der Waals surface area contributed by atoms with Crippen LogP contribution in [0.5, 0.6) is 0 Å². The standard InChI is InChI=1S/C11H14ClN3O4S/c12-11-9(2-1-3-13-11)20(18,19)15-6-4-14(5-7-15)8-10(16)17/h1-3H,4-8H2,(H,16,17). The lowest BCUT2D eigenvalue weighted by molar-refractivity contribution is -0.138. The van der Waals surface area contributed by atoms with Crippen LogP contribution in [0.2, 0.25) is 5.15 Å². The van der Waals surface area contributed by atoms with Crippen molar-refractivity contribution in [2.45, 2.75) is 4.90 Å². The molecule has 1 N–H and O–H groups in total. The van der Waals surface area contributed by atoms with Crippen LogP contribution in [-0.4, -0.2) is 66.4 Å². The van der Waals surface area contributed by atoms with Gasteiger partial charge in [-0.05, 0) is 12.1 Å². The van der Waals surface area contributed by atoms with Crippen LogP contribution in [-0.2, 0) is 14.8 Å². The molecule has 9 heteroatoms. The van der Waals surface area contributed by atoms with Gasteiger partial charge in [-0.1, -0.05) is 11.6 Å². The van der Waals surface area contributed by atoms with Gasteiger partial charge in [0.05, 0.1) is 6.54 Å². The van der Waals surface area contributed by atoms with Crippen LogP contribution in [0.4, 0.5) is 0 Å². The Hall–Kier alpha value is -1.22. The predicted molar refractivity (Wildman–Crippen MR) is 72.1 cm³/mol. The van der Waals surface area contributed by atoms with Crippen LogP contribution < -0.4 is 0 Å². The van der Waals surface area contributed by atoms with E-state index in [1.165, 1.54) is 22.6 Å². The number of sulfonamides is 1. The monoisotopic (exact) mass is 319 g/mol. The first-order valence-electron chi connectivity index (χ1n) is 5.96. The van der Waals surface area contributed by atoms with E-state index in [1.54, 1.807) is 4.90 Å². The van der Waals surface area contributed by atoms with Crippen LogP contribution in [0.15, 0.2) is 23.2 Å². The summed E-state index contributed by atoms with van der Waals surface area (Å²) in [7, 11) is -3.68. The molecule has 1 aliphatic rings. The third-order valence-electron chi connectivity index (χ3n) is 3.03. The zero-order valence-corrected chi connectivity index (χ0v) is 12.1. The molecule has 0 aromatic carbocycles. The average Bonchev–Trinajstić information content (AvgIpc) is 2.39. The van der Waals surface area contributed by atoms with Crippen LogP contribution in [0.1, 0.15) is 0 Å². The molecule has 1 fully saturated rings. The number of carboxylic acid groups (broad SMARTS) is 1. The maximum atomic E-state index is 12.4. The third kappa shape index (κ3) is 3.26. The highest BCUT2D eigenvalue weighted by molar-refractivity contribution is 7.89. The molecule has 7 nitrogen and oxygen atoms in total. The highest BCUT2D eigenvalue weighted by atomic mass is 35.5. The van der Waals surface area contributed by atoms with Gasteiger partial charge in [0.1, 0.15) is 10.0 Å². The number of nitrogens with zero attached hydrogens (tertiary/aromatic N) is 3. The number of carbonyl (C=O) groups is 1. The molecule has 0 atom stereocenters. The molecule has 1 aliphatic heterocycles. The third-order valence-corrected chi connectivity index (χ3v) is 5.38. The second-order valence-electron chi connectivity index (χ2n) is 4.37. The van der Waals surface area contributed by atoms with E-state index in [0.717, 1.165) is 0 Å². The Morgan fingerprint density at radius 1 is 1.35 bits per heavy atom. The highest BCUT2D eigenvalue weighted by Crippen LogP contribution is 2.23. The minimum atomic E-state index is -3.68. The number of aliphatic carboxylic acids is 1. The maximum Gasteiger partial charge on any atom is 0.317 e. The van der Waals surface area contributed by atoms with Crippen molar-refractivity contribution in [3.63, 3.8) is 0 Å². The summed E-state index contributed by atoms with van der Waals surface area (Å²) in [5, 5.41) is 8.65. The molecule has 0 bridgehead atoms. The number of halogens is 1. The van der Waals surface area contributed by atoms with Crippen molar-refractivity contribution in [1.29, 1.82) is 0 Å². The van der Waals surface area contributed by atoms with Gasteiger partial charge in [-0.25, -0.2) is 13.4 Å². The van der Waals surface area contributed by atoms with Crippen molar-refractivity contribution >= 4 is 27.6 Å². The van der Waals surface area contributed by atoms with Gasteiger partial charge >= 0.3 is 5.97 Å². The summed E-state index contributed by atoms with van der Waals surface area (Å²) in [4.78, 5) is 16.1. The fourth-order valence-corrected chi connectivity index (χ4v) is 3.87. The maximum absolute atomic E-state index is 12.4. The van der Waals surface area contributed by atoms with Gasteiger partial charge in [-0.3, -0.25) is 9.69 Å². The lowest BCUT2D eigenvalue weighted by Gasteiger charge is -2.33. The molecule has 0 saturated carbocycles. The SMILES string of the molecule is O=C(O)CN1CCN(S(=O)(=O)c2cccnc2Cl)CC1. The Labute approximate surface area is 121 Å². The topological polar surface area (TPSA) is 90.8 Å². The van der Waals surface area contributed by atoms with E-state index in [-0.39, 0.29) is 29.7 Å². The quantitative estimate of drug-likeness (QED) is 0.793. The molecule has 20 heavy (non-hydrogen) atoms. The van der Waals surface area contributed by atoms with Gasteiger partial charge in [0.15, 0.2) is 0 Å². The lowest BCUT2D eigenvalue weighted by Crippen LogP contribution is -2.49. The predicted octanol–water partition coefficient (Wildman–Crippen LogP) is 0.126. The molecule has 0 unspecified atom stereocenters. The van der Waals surface area contributed by atoms with Crippen molar-refractivity contribution in [2.75, 3.05) is 32.7 Å². The molecule has 0 amide bonds. The number of piperazine rings is 1. The van der Waals surface area contributed by atoms with Crippen molar-refractivity contribution in [1.82, 2.24) is 14.2 Å². The Kier molecular flexibility index (Phi) is 4.59. The number of hydrogen-bond donors (Lipinski definition) is 1. The van der Waals surface area contributed by atoms with Crippen molar-refractivity contribution in [3.8, 4) is 0 Å². The molecule has 0 aliphatic carbocycles. The minimum absolute atomic E-state index is 0.0200. The van der Waals surface area contributed by atoms with E-state index in [2.05, 4.69) is 4.98 Å². The molecular formula is C11H14ClN3O4S. The first-order chi connectivity index (χ1) is 9.41. The molecule has 0 radical (unpaired) electrons. The Morgan fingerprint density at radius 2 is 2.00 bits per heavy atom. The Balaban J connectivity index is 2.10. The Bertz CT molecular complexity index is 599. The van der Waals surface area contributed by atoms with Crippen molar-refractivity contribution in [3.05, 3.63) is 23.5 Å². The fourth-order valence-electron chi connectivity index (χ4n) is 2.02. The number of rotatable bonds is 4. The van der Waals surface area contributed by atoms with Crippen molar-refractivity contribution in [2.24, 2.45) is 0 Å². The van der Waals surface area contributed by atoms with Crippen LogP contribution in [0.3, 0.4) is 0 Å². The lowest BCUT2D eigenvalue weighted by atomic mass is 10.3. The van der Waals surface area contributed by atoms with Gasteiger partial charge in [0.2, 0.25) is 10.0 Å². The van der Waals surface area contributed by atoms with Gasteiger partial charge in [0.25, 0.3) is 0 Å². The minimum Gasteiger partial charge on any atom is -0.480 e. The summed E-state index contributed by atoms with van der Waals surface area (Å²) in [5.41, 5.74) is 0. The molecule has 1 aromatic heterocycles. The van der Waals surface area contributed by atoms with Crippen LogP contribution in [0.25, 0.3) is 0 Å². The molecular weight excluding hydrogens is 306 g/mol. The average molecular weight is 320 g/mol. The molecule has 2 heterocycles. The highest BCUT2D eigenvalue weighted by Gasteiger charge is 2.30. The van der Waals surface area contributed by atoms with E-state index in [0.29, 0.717) is 13.1 Å². The summed E-state index contributed by atoms with van der Waals surface area (Å²) < 4.78 is 26.1. The summed E-state index contributed by atoms with van der Waals surface area (Å²) in [5.74, 6) is -0.920. The van der Waals surface area contributed by atoms with E-state index in [1.807, 2.05) is 0 Å². The van der Waals surface area contributed by atoms with Crippen LogP contribution >= 0.6 is 11.6 Å². The molecule has 110 valence electrons. The molecule has 2 rings (SSSR count). The Morgan fingerprint density at radius 3 is 2.55 bits per heavy atom. The first kappa shape index (κ1) is 15.2. The number of aromatic nitrogens is 1. The van der Waals surface area contributed by atoms with Gasteiger partial charge in [0, 0.05) is 32.4 Å². The normalized spacial score (nSPS) is 18.1. The van der Waals surface area contributed by atoms with E-state index < -0.39 is 16.0 Å². The molecule has 0 spiro atoms. The van der Waals surface area contributed by atoms with Gasteiger partial charge in [-0.2, -0.15) is 4.31 Å². The molecule has 1 aromatic rings. The van der Waals surface area contributed by atoms with Gasteiger partial charge < -0.3 is 5.11 Å². The summed E-state index contributed by atoms with van der Waals surface area (Å²) in [6, 6.07) is 2.92. The summed E-state index contributed by atoms with van der Waals surface area (Å²) in [6.45, 7) is 1.15. The smallest absolute Gasteiger partial charge is 0.317 e. The number of hydrogen-bond acceptors (Lipinski definition) is 5. The second kappa shape index (κ2) is 6.04. The zero-order valence-electron chi connectivity index (χ0n) is 10.6.